The van der Waals surface area contributed by atoms with Crippen LogP contribution in [0.2, 0.25) is 0 Å². The fourth-order valence-electron chi connectivity index (χ4n) is 15.3. The van der Waals surface area contributed by atoms with Crippen LogP contribution in [0.25, 0.3) is 51.5 Å². The van der Waals surface area contributed by atoms with Crippen molar-refractivity contribution in [3.63, 3.8) is 0 Å². The lowest BCUT2D eigenvalue weighted by atomic mass is 9.61. The minimum atomic E-state index is -0.0664. The number of furan rings is 3. The molecule has 22 heteroatoms. The first-order valence-electron chi connectivity index (χ1n) is 32.7. The molecule has 0 bridgehead atoms. The van der Waals surface area contributed by atoms with Gasteiger partial charge < -0.3 is 56.8 Å². The molecule has 0 spiro atoms. The molecule has 6 aliphatic heterocycles. The van der Waals surface area contributed by atoms with Crippen LogP contribution in [-0.4, -0.2) is 95.5 Å². The number of nitrogens with zero attached hydrogens (tertiary/aromatic N) is 16. The Hall–Kier alpha value is -11.3. The third kappa shape index (κ3) is 9.53. The standard InChI is InChI=1S/2C25H24BN5O.C24H23BN6O/c1-16-15-21-20-13-12-17(2)28-24(20)32-25(21)29(4)26(16)31-18(3)30(19-9-6-5-7-10-19)23-22(31)11-8-14-27-23;1-16-15-21-20-13-12-17(2)28-24(20)32-25(21)29(4)26(16)31-18(3)30(19-9-6-5-7-10-19)22-11-8-14-27-23(22)31;1-15-14-20-19-11-10-16(2)28-23(19)32-24(20)29(4)25(15)31-17(3)30(18-8-6-5-7-9-18)21-22(31)27-13-12-26-21/h2*5-15,18H,1-4H3;5-14,17H,1-4H3/t2*18-;17-/m000/s1. The first kappa shape index (κ1) is 59.7. The Kier molecular flexibility index (Phi) is 14.5. The van der Waals surface area contributed by atoms with E-state index in [0.717, 1.165) is 119 Å². The van der Waals surface area contributed by atoms with Crippen molar-refractivity contribution in [2.24, 2.45) is 0 Å². The van der Waals surface area contributed by atoms with Gasteiger partial charge in [-0.25, -0.2) is 34.9 Å². The van der Waals surface area contributed by atoms with E-state index in [2.05, 4.69) is 230 Å². The molecule has 0 N–H and O–H groups in total. The lowest BCUT2D eigenvalue weighted by molar-refractivity contribution is 0.603. The number of aryl methyl sites for hydroxylation is 3. The van der Waals surface area contributed by atoms with Gasteiger partial charge in [-0.05, 0) is 181 Å². The van der Waals surface area contributed by atoms with Gasteiger partial charge in [-0.15, -0.1) is 0 Å². The fraction of sp³-hybridized carbons (Fsp3) is 0.203. The van der Waals surface area contributed by atoms with E-state index < -0.39 is 0 Å². The summed E-state index contributed by atoms with van der Waals surface area (Å²) < 4.78 is 18.8. The average Bonchev–Trinajstić information content (AvgIpc) is 1.58. The molecular formula is C74H71B3N16O3. The molecule has 3 aromatic carbocycles. The predicted molar refractivity (Wildman–Crippen MR) is 392 cm³/mol. The number of anilines is 12. The Bertz CT molecular complexity index is 4600. The van der Waals surface area contributed by atoms with Crippen molar-refractivity contribution in [3.8, 4) is 0 Å². The summed E-state index contributed by atoms with van der Waals surface area (Å²) in [4.78, 5) is 53.5. The van der Waals surface area contributed by atoms with Crippen LogP contribution < -0.4 is 43.6 Å². The van der Waals surface area contributed by atoms with Crippen molar-refractivity contribution in [3.05, 3.63) is 227 Å². The third-order valence-corrected chi connectivity index (χ3v) is 19.4. The molecule has 0 saturated carbocycles. The van der Waals surface area contributed by atoms with Gasteiger partial charge in [-0.1, -0.05) is 89.2 Å². The summed E-state index contributed by atoms with van der Waals surface area (Å²) in [6.45, 7) is 19.1. The summed E-state index contributed by atoms with van der Waals surface area (Å²) in [5, 5.41) is 3.14. The van der Waals surface area contributed by atoms with E-state index in [9.17, 15) is 0 Å². The fourth-order valence-corrected chi connectivity index (χ4v) is 15.3. The second-order valence-corrected chi connectivity index (χ2v) is 25.6. The van der Waals surface area contributed by atoms with Gasteiger partial charge in [0.1, 0.15) is 5.82 Å². The van der Waals surface area contributed by atoms with Crippen molar-refractivity contribution in [2.45, 2.75) is 80.8 Å². The van der Waals surface area contributed by atoms with E-state index in [1.807, 2.05) is 93.8 Å². The highest BCUT2D eigenvalue weighted by Gasteiger charge is 2.50. The van der Waals surface area contributed by atoms with Gasteiger partial charge in [-0.3, -0.25) is 0 Å². The van der Waals surface area contributed by atoms with Gasteiger partial charge in [0.2, 0.25) is 17.1 Å². The smallest absolute Gasteiger partial charge is 0.411 e. The molecule has 0 saturated heterocycles. The normalized spacial score (nSPS) is 17.6. The van der Waals surface area contributed by atoms with Crippen molar-refractivity contribution in [1.82, 2.24) is 34.9 Å². The Labute approximate surface area is 559 Å². The van der Waals surface area contributed by atoms with Gasteiger partial charge in [0.25, 0.3) is 0 Å². The molecule has 0 radical (unpaired) electrons. The maximum Gasteiger partial charge on any atom is 0.411 e. The molecule has 0 amide bonds. The number of rotatable bonds is 6. The first-order valence-corrected chi connectivity index (χ1v) is 32.7. The average molecular weight is 1260 g/mol. The minimum Gasteiger partial charge on any atom is -0.423 e. The summed E-state index contributed by atoms with van der Waals surface area (Å²) in [7, 11) is 6.27. The van der Waals surface area contributed by atoms with Gasteiger partial charge in [0.15, 0.2) is 35.1 Å². The lowest BCUT2D eigenvalue weighted by Gasteiger charge is -2.40. The number of pyridine rings is 5. The second kappa shape index (κ2) is 23.3. The monoisotopic (exact) mass is 1260 g/mol. The predicted octanol–water partition coefficient (Wildman–Crippen LogP) is 15.6. The van der Waals surface area contributed by atoms with Gasteiger partial charge in [-0.2, -0.15) is 0 Å². The number of hydrogen-bond donors (Lipinski definition) is 0. The molecule has 18 rings (SSSR count). The van der Waals surface area contributed by atoms with Crippen LogP contribution in [0, 0.1) is 20.8 Å². The molecule has 15 heterocycles. The summed E-state index contributed by atoms with van der Waals surface area (Å²) in [5.74, 6) is 6.19. The van der Waals surface area contributed by atoms with E-state index >= 15 is 0 Å². The Morgan fingerprint density at radius 1 is 0.333 bits per heavy atom. The molecule has 0 fully saturated rings. The molecule has 3 atom stereocenters. The second-order valence-electron chi connectivity index (χ2n) is 25.6. The number of aromatic nitrogens is 7. The van der Waals surface area contributed by atoms with Crippen LogP contribution >= 0.6 is 0 Å². The van der Waals surface area contributed by atoms with Crippen molar-refractivity contribution >= 4 is 142 Å². The molecule has 0 unspecified atom stereocenters. The Morgan fingerprint density at radius 3 is 1.12 bits per heavy atom. The summed E-state index contributed by atoms with van der Waals surface area (Å²) in [6, 6.07) is 52.0. The van der Waals surface area contributed by atoms with E-state index in [4.69, 9.17) is 33.2 Å². The zero-order chi connectivity index (χ0) is 65.9. The number of fused-ring (bicyclic) bond motifs is 12. The molecule has 474 valence electrons. The molecule has 12 aromatic rings. The molecule has 6 aliphatic rings. The van der Waals surface area contributed by atoms with Crippen LogP contribution in [-0.2, 0) is 0 Å². The molecule has 19 nitrogen and oxygen atoms in total. The van der Waals surface area contributed by atoms with E-state index in [-0.39, 0.29) is 39.4 Å². The van der Waals surface area contributed by atoms with Crippen LogP contribution in [0.4, 0.5) is 69.4 Å². The topological polar surface area (TPSA) is 159 Å². The maximum atomic E-state index is 6.27. The zero-order valence-corrected chi connectivity index (χ0v) is 55.8. The zero-order valence-electron chi connectivity index (χ0n) is 55.8. The minimum absolute atomic E-state index is 0.00387. The van der Waals surface area contributed by atoms with Crippen LogP contribution in [0.5, 0.6) is 0 Å². The quantitative estimate of drug-likeness (QED) is 0.145. The number of hydrogen-bond acceptors (Lipinski definition) is 19. The van der Waals surface area contributed by atoms with Crippen LogP contribution in [0.15, 0.2) is 206 Å². The third-order valence-electron chi connectivity index (χ3n) is 19.4. The molecule has 0 aliphatic carbocycles. The van der Waals surface area contributed by atoms with E-state index in [1.165, 1.54) is 16.4 Å². The number of benzene rings is 3. The van der Waals surface area contributed by atoms with Gasteiger partial charge in [0.05, 0.1) is 29.9 Å². The van der Waals surface area contributed by atoms with Crippen LogP contribution in [0.3, 0.4) is 0 Å². The Morgan fingerprint density at radius 2 is 0.677 bits per heavy atom. The lowest BCUT2D eigenvalue weighted by Crippen LogP contribution is -2.58. The molecule has 9 aromatic heterocycles. The summed E-state index contributed by atoms with van der Waals surface area (Å²) in [6.07, 6.45) is 14.1. The van der Waals surface area contributed by atoms with E-state index in [1.54, 1.807) is 12.4 Å². The number of para-hydroxylation sites is 3. The van der Waals surface area contributed by atoms with Crippen molar-refractivity contribution in [1.29, 1.82) is 0 Å². The highest BCUT2D eigenvalue weighted by atomic mass is 16.4. The highest BCUT2D eigenvalue weighted by molar-refractivity contribution is 6.77. The number of allylic oxidation sites excluding steroid dienone is 3. The van der Waals surface area contributed by atoms with Gasteiger partial charge >= 0.3 is 20.9 Å². The molecular weight excluding hydrogens is 1190 g/mol. The maximum absolute atomic E-state index is 6.27. The summed E-state index contributed by atoms with van der Waals surface area (Å²) >= 11 is 0. The SMILES string of the molecule is CC1=Cc2c(oc3nc(C)ccc23)N(C)B1N1c2cccnc2N(c2ccccc2)[C@@H]1C.CC1=Cc2c(oc3nc(C)ccc23)N(C)B1N1c2ncccc2N(c2ccccc2)[C@@H]1C.CC1=Cc2c(oc3nc(C)ccc23)N(C)B1N1c2nccnc2N(c2ccccc2)[C@@H]1C. The van der Waals surface area contributed by atoms with Crippen molar-refractivity contribution in [2.75, 3.05) is 64.7 Å². The highest BCUT2D eigenvalue weighted by Crippen LogP contribution is 2.50. The van der Waals surface area contributed by atoms with E-state index in [0.29, 0.717) is 17.1 Å². The summed E-state index contributed by atoms with van der Waals surface area (Å²) in [5.41, 5.74) is 17.5. The van der Waals surface area contributed by atoms with Gasteiger partial charge in [0, 0.05) is 91.8 Å². The Balaban J connectivity index is 0.000000113. The molecule has 96 heavy (non-hydrogen) atoms. The van der Waals surface area contributed by atoms with Crippen LogP contribution in [0.1, 0.15) is 75.3 Å². The van der Waals surface area contributed by atoms with Crippen molar-refractivity contribution < 1.29 is 13.3 Å². The largest absolute Gasteiger partial charge is 0.423 e. The first-order chi connectivity index (χ1) is 46.6.